The monoisotopic (exact) mass is 333 g/mol. The van der Waals surface area contributed by atoms with Gasteiger partial charge in [0.05, 0.1) is 6.20 Å². The number of aromatic amines is 1. The van der Waals surface area contributed by atoms with Crippen LogP contribution in [-0.2, 0) is 10.0 Å². The second-order valence-corrected chi connectivity index (χ2v) is 7.09. The van der Waals surface area contributed by atoms with Gasteiger partial charge in [0.1, 0.15) is 0 Å². The zero-order valence-corrected chi connectivity index (χ0v) is 13.2. The molecule has 0 fully saturated rings. The predicted octanol–water partition coefficient (Wildman–Crippen LogP) is 3.10. The Labute approximate surface area is 127 Å². The summed E-state index contributed by atoms with van der Waals surface area (Å²) in [5.74, 6) is 0. The molecular weight excluding hydrogens is 321 g/mol. The molecule has 1 N–H and O–H groups in total. The van der Waals surface area contributed by atoms with E-state index in [-0.39, 0.29) is 5.03 Å². The van der Waals surface area contributed by atoms with Crippen molar-refractivity contribution in [1.29, 1.82) is 0 Å². The topological polar surface area (TPSA) is 66.1 Å². The van der Waals surface area contributed by atoms with Crippen LogP contribution in [0, 0.1) is 0 Å². The summed E-state index contributed by atoms with van der Waals surface area (Å²) in [5, 5.41) is 7.08. The van der Waals surface area contributed by atoms with Gasteiger partial charge in [0, 0.05) is 23.1 Å². The van der Waals surface area contributed by atoms with Crippen molar-refractivity contribution in [1.82, 2.24) is 14.5 Å². The van der Waals surface area contributed by atoms with Gasteiger partial charge in [0.25, 0.3) is 10.0 Å². The van der Waals surface area contributed by atoms with Crippen LogP contribution in [-0.4, -0.2) is 30.0 Å². The van der Waals surface area contributed by atoms with Gasteiger partial charge in [-0.05, 0) is 30.7 Å². The van der Waals surface area contributed by atoms with E-state index in [0.29, 0.717) is 15.6 Å². The van der Waals surface area contributed by atoms with Crippen LogP contribution in [0.3, 0.4) is 0 Å². The number of halogens is 2. The quantitative estimate of drug-likeness (QED) is 0.934. The van der Waals surface area contributed by atoms with E-state index in [0.717, 1.165) is 0 Å². The molecule has 0 radical (unpaired) electrons. The first kappa shape index (κ1) is 15.3. The van der Waals surface area contributed by atoms with E-state index in [9.17, 15) is 8.42 Å². The molecule has 0 aliphatic rings. The number of benzene rings is 1. The minimum atomic E-state index is -3.65. The molecule has 0 aliphatic carbocycles. The Balaban J connectivity index is 2.36. The van der Waals surface area contributed by atoms with Crippen molar-refractivity contribution in [3.63, 3.8) is 0 Å². The van der Waals surface area contributed by atoms with Crippen molar-refractivity contribution in [2.45, 2.75) is 18.0 Å². The lowest BCUT2D eigenvalue weighted by molar-refractivity contribution is 0.396. The highest BCUT2D eigenvalue weighted by molar-refractivity contribution is 7.89. The van der Waals surface area contributed by atoms with Crippen molar-refractivity contribution in [2.75, 3.05) is 7.05 Å². The molecule has 1 atom stereocenters. The lowest BCUT2D eigenvalue weighted by atomic mass is 10.1. The molecule has 1 heterocycles. The van der Waals surface area contributed by atoms with Gasteiger partial charge in [0.15, 0.2) is 5.03 Å². The molecule has 0 amide bonds. The summed E-state index contributed by atoms with van der Waals surface area (Å²) >= 11 is 12.0. The molecule has 2 rings (SSSR count). The van der Waals surface area contributed by atoms with Gasteiger partial charge in [-0.3, -0.25) is 5.10 Å². The first-order valence-electron chi connectivity index (χ1n) is 5.76. The maximum atomic E-state index is 12.4. The Morgan fingerprint density at radius 3 is 2.55 bits per heavy atom. The molecule has 20 heavy (non-hydrogen) atoms. The second kappa shape index (κ2) is 5.73. The fourth-order valence-electron chi connectivity index (χ4n) is 1.79. The van der Waals surface area contributed by atoms with Crippen LogP contribution in [0.1, 0.15) is 18.5 Å². The SMILES string of the molecule is CC(c1ccc(Cl)cc1Cl)N(C)S(=O)(=O)c1ccn[nH]1. The van der Waals surface area contributed by atoms with E-state index in [4.69, 9.17) is 23.2 Å². The zero-order chi connectivity index (χ0) is 14.9. The van der Waals surface area contributed by atoms with E-state index in [2.05, 4.69) is 10.2 Å². The molecule has 2 aromatic rings. The molecule has 1 unspecified atom stereocenters. The number of nitrogens with zero attached hydrogens (tertiary/aromatic N) is 2. The van der Waals surface area contributed by atoms with Gasteiger partial charge in [-0.15, -0.1) is 0 Å². The van der Waals surface area contributed by atoms with Crippen molar-refractivity contribution >= 4 is 33.2 Å². The van der Waals surface area contributed by atoms with Crippen LogP contribution >= 0.6 is 23.2 Å². The third-order valence-corrected chi connectivity index (χ3v) is 5.51. The third-order valence-electron chi connectivity index (χ3n) is 3.09. The third kappa shape index (κ3) is 2.83. The Bertz CT molecular complexity index is 701. The number of nitrogens with one attached hydrogen (secondary N) is 1. The number of hydrogen-bond donors (Lipinski definition) is 1. The molecule has 5 nitrogen and oxygen atoms in total. The first-order valence-corrected chi connectivity index (χ1v) is 7.96. The highest BCUT2D eigenvalue weighted by atomic mass is 35.5. The number of rotatable bonds is 4. The van der Waals surface area contributed by atoms with E-state index in [1.54, 1.807) is 25.1 Å². The lowest BCUT2D eigenvalue weighted by Crippen LogP contribution is -2.30. The van der Waals surface area contributed by atoms with Crippen LogP contribution in [0.5, 0.6) is 0 Å². The van der Waals surface area contributed by atoms with E-state index in [1.165, 1.54) is 23.6 Å². The average molecular weight is 334 g/mol. The highest BCUT2D eigenvalue weighted by Gasteiger charge is 2.28. The van der Waals surface area contributed by atoms with Crippen LogP contribution in [0.2, 0.25) is 10.0 Å². The van der Waals surface area contributed by atoms with Crippen molar-refractivity contribution in [2.24, 2.45) is 0 Å². The number of aromatic nitrogens is 2. The first-order chi connectivity index (χ1) is 9.34. The standard InChI is InChI=1S/C12H13Cl2N3O2S/c1-8(10-4-3-9(13)7-11(10)14)17(2)20(18,19)12-5-6-15-16-12/h3-8H,1-2H3,(H,15,16). The minimum Gasteiger partial charge on any atom is -0.266 e. The Morgan fingerprint density at radius 1 is 1.30 bits per heavy atom. The summed E-state index contributed by atoms with van der Waals surface area (Å²) in [6, 6.07) is 5.95. The van der Waals surface area contributed by atoms with Crippen LogP contribution in [0.25, 0.3) is 0 Å². The average Bonchev–Trinajstić information content (AvgIpc) is 2.91. The summed E-state index contributed by atoms with van der Waals surface area (Å²) in [7, 11) is -2.15. The summed E-state index contributed by atoms with van der Waals surface area (Å²) in [6.07, 6.45) is 1.39. The van der Waals surface area contributed by atoms with Gasteiger partial charge in [-0.2, -0.15) is 9.40 Å². The summed E-state index contributed by atoms with van der Waals surface area (Å²) in [6.45, 7) is 1.75. The Kier molecular flexibility index (Phi) is 4.39. The maximum Gasteiger partial charge on any atom is 0.260 e. The molecule has 1 aromatic carbocycles. The molecule has 1 aromatic heterocycles. The van der Waals surface area contributed by atoms with Crippen LogP contribution < -0.4 is 0 Å². The van der Waals surface area contributed by atoms with Crippen LogP contribution in [0.15, 0.2) is 35.5 Å². The lowest BCUT2D eigenvalue weighted by Gasteiger charge is -2.24. The van der Waals surface area contributed by atoms with Crippen molar-refractivity contribution in [3.8, 4) is 0 Å². The molecule has 108 valence electrons. The maximum absolute atomic E-state index is 12.4. The van der Waals surface area contributed by atoms with Crippen molar-refractivity contribution < 1.29 is 8.42 Å². The number of sulfonamides is 1. The fraction of sp³-hybridized carbons (Fsp3) is 0.250. The normalized spacial score (nSPS) is 13.7. The van der Waals surface area contributed by atoms with Gasteiger partial charge in [0.2, 0.25) is 0 Å². The van der Waals surface area contributed by atoms with Crippen molar-refractivity contribution in [3.05, 3.63) is 46.1 Å². The Morgan fingerprint density at radius 2 is 2.00 bits per heavy atom. The van der Waals surface area contributed by atoms with E-state index < -0.39 is 16.1 Å². The number of hydrogen-bond acceptors (Lipinski definition) is 3. The highest BCUT2D eigenvalue weighted by Crippen LogP contribution is 2.31. The molecular formula is C12H13Cl2N3O2S. The molecule has 0 saturated heterocycles. The zero-order valence-electron chi connectivity index (χ0n) is 10.8. The summed E-state index contributed by atoms with van der Waals surface area (Å²) in [4.78, 5) is 0. The molecule has 0 spiro atoms. The van der Waals surface area contributed by atoms with E-state index in [1.807, 2.05) is 0 Å². The van der Waals surface area contributed by atoms with Gasteiger partial charge < -0.3 is 0 Å². The van der Waals surface area contributed by atoms with E-state index >= 15 is 0 Å². The second-order valence-electron chi connectivity index (χ2n) is 4.28. The largest absolute Gasteiger partial charge is 0.266 e. The molecule has 8 heteroatoms. The number of H-pyrrole nitrogens is 1. The van der Waals surface area contributed by atoms with Gasteiger partial charge in [-0.1, -0.05) is 29.3 Å². The smallest absolute Gasteiger partial charge is 0.260 e. The molecule has 0 aliphatic heterocycles. The molecule has 0 bridgehead atoms. The Hall–Kier alpha value is -1.08. The summed E-state index contributed by atoms with van der Waals surface area (Å²) in [5.41, 5.74) is 0.682. The van der Waals surface area contributed by atoms with Crippen LogP contribution in [0.4, 0.5) is 0 Å². The fourth-order valence-corrected chi connectivity index (χ4v) is 3.59. The van der Waals surface area contributed by atoms with Gasteiger partial charge >= 0.3 is 0 Å². The summed E-state index contributed by atoms with van der Waals surface area (Å²) < 4.78 is 26.0. The predicted molar refractivity (Wildman–Crippen MR) is 78.4 cm³/mol. The molecule has 0 saturated carbocycles. The minimum absolute atomic E-state index is 0.0388. The van der Waals surface area contributed by atoms with Gasteiger partial charge in [-0.25, -0.2) is 8.42 Å².